The summed E-state index contributed by atoms with van der Waals surface area (Å²) in [4.78, 5) is 6.78. The Labute approximate surface area is 161 Å². The normalized spacial score (nSPS) is 21.3. The van der Waals surface area contributed by atoms with Crippen molar-refractivity contribution in [3.63, 3.8) is 0 Å². The maximum Gasteiger partial charge on any atom is 0.494 e. The maximum absolute atomic E-state index is 6.14. The molecule has 1 aromatic carbocycles. The first-order valence-electron chi connectivity index (χ1n) is 9.65. The Balaban J connectivity index is 1.33. The van der Waals surface area contributed by atoms with Crippen LogP contribution in [0.2, 0.25) is 0 Å². The predicted molar refractivity (Wildman–Crippen MR) is 105 cm³/mol. The van der Waals surface area contributed by atoms with Gasteiger partial charge in [-0.25, -0.2) is 4.98 Å². The number of fused-ring (bicyclic) bond motifs is 1. The van der Waals surface area contributed by atoms with Crippen molar-refractivity contribution < 1.29 is 14.0 Å². The van der Waals surface area contributed by atoms with Crippen LogP contribution in [-0.2, 0) is 22.4 Å². The fraction of sp³-hybridized carbons (Fsp3) is 0.550. The summed E-state index contributed by atoms with van der Waals surface area (Å²) in [5, 5.41) is 0. The Morgan fingerprint density at radius 2 is 1.93 bits per heavy atom. The zero-order valence-corrected chi connectivity index (χ0v) is 16.6. The van der Waals surface area contributed by atoms with Crippen LogP contribution < -0.4 is 10.2 Å². The van der Waals surface area contributed by atoms with E-state index in [2.05, 4.69) is 42.1 Å². The highest BCUT2D eigenvalue weighted by Crippen LogP contribution is 2.36. The van der Waals surface area contributed by atoms with Gasteiger partial charge in [-0.2, -0.15) is 0 Å². The van der Waals surface area contributed by atoms with E-state index in [1.54, 1.807) is 0 Å². The Morgan fingerprint density at radius 3 is 2.70 bits per heavy atom. The quantitative estimate of drug-likeness (QED) is 0.756. The lowest BCUT2D eigenvalue weighted by Gasteiger charge is -2.32. The molecule has 0 spiro atoms. The van der Waals surface area contributed by atoms with Gasteiger partial charge in [0.2, 0.25) is 0 Å². The molecule has 3 heterocycles. The molecule has 6 nitrogen and oxygen atoms in total. The van der Waals surface area contributed by atoms with Crippen LogP contribution in [-0.4, -0.2) is 52.5 Å². The molecule has 0 unspecified atom stereocenters. The topological polar surface area (TPSA) is 48.8 Å². The molecule has 0 atom stereocenters. The zero-order chi connectivity index (χ0) is 19.1. The summed E-state index contributed by atoms with van der Waals surface area (Å²) in [6.07, 6.45) is 3.92. The molecular formula is C20H28BN3O3. The fourth-order valence-corrected chi connectivity index (χ4v) is 3.44. The van der Waals surface area contributed by atoms with Gasteiger partial charge in [0.15, 0.2) is 0 Å². The molecule has 2 aliphatic rings. The predicted octanol–water partition coefficient (Wildman–Crippen LogP) is 2.08. The molecule has 0 amide bonds. The summed E-state index contributed by atoms with van der Waals surface area (Å²) < 4.78 is 20.5. The second-order valence-electron chi connectivity index (χ2n) is 8.32. The first kappa shape index (κ1) is 18.5. The number of hydrogen-bond donors (Lipinski definition) is 0. The van der Waals surface area contributed by atoms with Crippen molar-refractivity contribution in [2.24, 2.45) is 0 Å². The summed E-state index contributed by atoms with van der Waals surface area (Å²) in [7, 11) is -0.362. The van der Waals surface area contributed by atoms with Gasteiger partial charge in [-0.3, -0.25) is 4.90 Å². The molecule has 1 saturated heterocycles. The van der Waals surface area contributed by atoms with E-state index < -0.39 is 0 Å². The zero-order valence-electron chi connectivity index (χ0n) is 16.6. The summed E-state index contributed by atoms with van der Waals surface area (Å²) in [6, 6.07) is 8.02. The van der Waals surface area contributed by atoms with Crippen molar-refractivity contribution in [2.45, 2.75) is 52.0 Å². The lowest BCUT2D eigenvalue weighted by molar-refractivity contribution is 0.00578. The van der Waals surface area contributed by atoms with Crippen LogP contribution in [0, 0.1) is 0 Å². The summed E-state index contributed by atoms with van der Waals surface area (Å²) >= 11 is 0. The van der Waals surface area contributed by atoms with E-state index in [0.717, 1.165) is 43.2 Å². The molecule has 4 rings (SSSR count). The molecule has 144 valence electrons. The molecule has 0 aliphatic carbocycles. The standard InChI is InChI=1S/C20H28BN3O3/c1-19(2)20(3,4)27-21(26-19)16-6-5-7-17(14-16)25-13-12-23-10-11-24-9-8-22-18(24)15-23/h5-9,14H,10-13,15H2,1-4H3. The van der Waals surface area contributed by atoms with Gasteiger partial charge in [-0.05, 0) is 45.3 Å². The van der Waals surface area contributed by atoms with Crippen molar-refractivity contribution in [2.75, 3.05) is 19.7 Å². The number of rotatable bonds is 5. The van der Waals surface area contributed by atoms with Crippen molar-refractivity contribution in [3.05, 3.63) is 42.5 Å². The second kappa shape index (κ2) is 6.97. The monoisotopic (exact) mass is 369 g/mol. The van der Waals surface area contributed by atoms with E-state index >= 15 is 0 Å². The molecule has 0 N–H and O–H groups in total. The summed E-state index contributed by atoms with van der Waals surface area (Å²) in [5.41, 5.74) is 0.314. The highest BCUT2D eigenvalue weighted by atomic mass is 16.7. The van der Waals surface area contributed by atoms with Crippen molar-refractivity contribution in [3.8, 4) is 5.75 Å². The molecule has 0 saturated carbocycles. The van der Waals surface area contributed by atoms with Gasteiger partial charge in [0.25, 0.3) is 0 Å². The summed E-state index contributed by atoms with van der Waals surface area (Å²) in [5.74, 6) is 1.98. The van der Waals surface area contributed by atoms with Gasteiger partial charge in [0, 0.05) is 32.0 Å². The minimum absolute atomic E-state index is 0.339. The number of imidazole rings is 1. The van der Waals surface area contributed by atoms with E-state index in [9.17, 15) is 0 Å². The Morgan fingerprint density at radius 1 is 1.15 bits per heavy atom. The Hall–Kier alpha value is -1.83. The third-order valence-electron chi connectivity index (χ3n) is 5.88. The van der Waals surface area contributed by atoms with Crippen LogP contribution in [0.4, 0.5) is 0 Å². The number of aromatic nitrogens is 2. The summed E-state index contributed by atoms with van der Waals surface area (Å²) in [6.45, 7) is 12.7. The lowest BCUT2D eigenvalue weighted by Crippen LogP contribution is -2.41. The molecule has 1 fully saturated rings. The van der Waals surface area contributed by atoms with Crippen LogP contribution in [0.15, 0.2) is 36.7 Å². The second-order valence-corrected chi connectivity index (χ2v) is 8.32. The van der Waals surface area contributed by atoms with Crippen LogP contribution in [0.1, 0.15) is 33.5 Å². The number of nitrogens with zero attached hydrogens (tertiary/aromatic N) is 3. The molecule has 1 aromatic heterocycles. The molecule has 2 aromatic rings. The smallest absolute Gasteiger partial charge is 0.492 e. The minimum atomic E-state index is -0.362. The molecular weight excluding hydrogens is 341 g/mol. The molecule has 0 radical (unpaired) electrons. The van der Waals surface area contributed by atoms with Crippen LogP contribution in [0.25, 0.3) is 0 Å². The Kier molecular flexibility index (Phi) is 4.78. The SMILES string of the molecule is CC1(C)OB(c2cccc(OCCN3CCn4ccnc4C3)c2)OC1(C)C. The average Bonchev–Trinajstić information content (AvgIpc) is 3.16. The molecule has 7 heteroatoms. The van der Waals surface area contributed by atoms with Crippen molar-refractivity contribution >= 4 is 12.6 Å². The molecule has 0 bridgehead atoms. The van der Waals surface area contributed by atoms with Crippen molar-refractivity contribution in [1.82, 2.24) is 14.5 Å². The number of ether oxygens (including phenoxy) is 1. The van der Waals surface area contributed by atoms with E-state index in [4.69, 9.17) is 14.0 Å². The van der Waals surface area contributed by atoms with E-state index in [0.29, 0.717) is 6.61 Å². The van der Waals surface area contributed by atoms with Crippen molar-refractivity contribution in [1.29, 1.82) is 0 Å². The lowest BCUT2D eigenvalue weighted by atomic mass is 9.79. The molecule has 27 heavy (non-hydrogen) atoms. The van der Waals surface area contributed by atoms with Gasteiger partial charge in [0.05, 0.1) is 17.7 Å². The van der Waals surface area contributed by atoms with Gasteiger partial charge in [-0.15, -0.1) is 0 Å². The van der Waals surface area contributed by atoms with E-state index in [1.807, 2.05) is 36.7 Å². The number of benzene rings is 1. The van der Waals surface area contributed by atoms with Gasteiger partial charge in [-0.1, -0.05) is 12.1 Å². The highest BCUT2D eigenvalue weighted by molar-refractivity contribution is 6.62. The maximum atomic E-state index is 6.14. The first-order valence-corrected chi connectivity index (χ1v) is 9.65. The van der Waals surface area contributed by atoms with Gasteiger partial charge >= 0.3 is 7.12 Å². The first-order chi connectivity index (χ1) is 12.8. The van der Waals surface area contributed by atoms with Crippen LogP contribution in [0.5, 0.6) is 5.75 Å². The largest absolute Gasteiger partial charge is 0.494 e. The van der Waals surface area contributed by atoms with Gasteiger partial charge in [0.1, 0.15) is 18.2 Å². The Bertz CT molecular complexity index is 789. The third-order valence-corrected chi connectivity index (χ3v) is 5.88. The minimum Gasteiger partial charge on any atom is -0.492 e. The van der Waals surface area contributed by atoms with Crippen LogP contribution >= 0.6 is 0 Å². The van der Waals surface area contributed by atoms with Gasteiger partial charge < -0.3 is 18.6 Å². The average molecular weight is 369 g/mol. The van der Waals surface area contributed by atoms with Crippen LogP contribution in [0.3, 0.4) is 0 Å². The fourth-order valence-electron chi connectivity index (χ4n) is 3.44. The van der Waals surface area contributed by atoms with E-state index in [1.165, 1.54) is 0 Å². The van der Waals surface area contributed by atoms with E-state index in [-0.39, 0.29) is 18.3 Å². The number of hydrogen-bond acceptors (Lipinski definition) is 5. The third kappa shape index (κ3) is 3.77. The molecule has 2 aliphatic heterocycles. The highest BCUT2D eigenvalue weighted by Gasteiger charge is 2.51.